The van der Waals surface area contributed by atoms with Crippen molar-refractivity contribution in [1.29, 1.82) is 0 Å². The van der Waals surface area contributed by atoms with E-state index in [0.29, 0.717) is 17.4 Å². The maximum Gasteiger partial charge on any atom is 0.229 e. The molecule has 0 radical (unpaired) electrons. The van der Waals surface area contributed by atoms with Crippen LogP contribution in [0.25, 0.3) is 22.2 Å². The summed E-state index contributed by atoms with van der Waals surface area (Å²) in [5, 5.41) is 2.98. The average molecular weight is 520 g/mol. The number of fused-ring (bicyclic) bond motifs is 1. The minimum absolute atomic E-state index is 0.0337. The first-order valence-corrected chi connectivity index (χ1v) is 12.7. The summed E-state index contributed by atoms with van der Waals surface area (Å²) in [6.45, 7) is 5.78. The molecule has 198 valence electrons. The van der Waals surface area contributed by atoms with Crippen LogP contribution in [0.2, 0.25) is 0 Å². The number of benzene rings is 1. The normalized spacial score (nSPS) is 14.6. The van der Waals surface area contributed by atoms with Crippen LogP contribution in [0.5, 0.6) is 0 Å². The molecular weight excluding hydrogens is 488 g/mol. The van der Waals surface area contributed by atoms with Gasteiger partial charge in [0, 0.05) is 43.0 Å². The molecule has 1 aliphatic rings. The van der Waals surface area contributed by atoms with Crippen LogP contribution < -0.4 is 15.6 Å². The zero-order valence-corrected chi connectivity index (χ0v) is 21.9. The van der Waals surface area contributed by atoms with Crippen LogP contribution in [0.3, 0.4) is 0 Å². The topological polar surface area (TPSA) is 79.2 Å². The quantitative estimate of drug-likeness (QED) is 0.385. The first-order valence-electron chi connectivity index (χ1n) is 12.7. The van der Waals surface area contributed by atoms with E-state index in [1.54, 1.807) is 23.0 Å². The molecule has 0 unspecified atom stereocenters. The van der Waals surface area contributed by atoms with Crippen LogP contribution >= 0.6 is 0 Å². The highest BCUT2D eigenvalue weighted by atomic mass is 19.1. The summed E-state index contributed by atoms with van der Waals surface area (Å²) >= 11 is 0. The number of nitrogens with one attached hydrogen (secondary N) is 1. The lowest BCUT2D eigenvalue weighted by Crippen LogP contribution is -2.42. The molecule has 1 fully saturated rings. The summed E-state index contributed by atoms with van der Waals surface area (Å²) in [5.41, 5.74) is 1.12. The van der Waals surface area contributed by atoms with Crippen LogP contribution in [0.4, 0.5) is 26.2 Å². The average Bonchev–Trinajstić information content (AvgIpc) is 2.90. The van der Waals surface area contributed by atoms with Gasteiger partial charge < -0.3 is 19.7 Å². The highest BCUT2D eigenvalue weighted by Crippen LogP contribution is 2.29. The molecule has 1 saturated heterocycles. The van der Waals surface area contributed by atoms with Gasteiger partial charge in [0.25, 0.3) is 0 Å². The maximum atomic E-state index is 15.1. The van der Waals surface area contributed by atoms with Crippen molar-refractivity contribution in [2.45, 2.75) is 38.8 Å². The molecule has 1 aliphatic heterocycles. The van der Waals surface area contributed by atoms with Gasteiger partial charge in [-0.25, -0.2) is 23.7 Å². The molecule has 0 aliphatic carbocycles. The predicted molar refractivity (Wildman–Crippen MR) is 146 cm³/mol. The van der Waals surface area contributed by atoms with Crippen molar-refractivity contribution in [3.8, 4) is 11.3 Å². The second kappa shape index (κ2) is 10.4. The predicted octanol–water partition coefficient (Wildman–Crippen LogP) is 4.99. The van der Waals surface area contributed by atoms with Crippen LogP contribution in [0.15, 0.2) is 53.7 Å². The minimum atomic E-state index is -0.725. The number of pyridine rings is 2. The molecule has 0 saturated carbocycles. The number of aromatic nitrogens is 4. The standard InChI is InChI=1S/C28H31F2N7O/c1-17(2)37-12-9-24(38)26-21(29)13-18(14-23(26)37)27-22(30)16-32-28(34-27)33-25-6-5-20(15-31-25)36-10-7-19(8-11-36)35(3)4/h5-6,9,12-17,19H,7-8,10-11H2,1-4H3,(H,31,32,33,34). The minimum Gasteiger partial charge on any atom is -0.370 e. The molecule has 4 heterocycles. The summed E-state index contributed by atoms with van der Waals surface area (Å²) in [6.07, 6.45) is 6.65. The van der Waals surface area contributed by atoms with E-state index in [4.69, 9.17) is 0 Å². The Morgan fingerprint density at radius 1 is 1.03 bits per heavy atom. The number of rotatable bonds is 6. The fourth-order valence-corrected chi connectivity index (χ4v) is 4.97. The molecule has 3 aromatic heterocycles. The first-order chi connectivity index (χ1) is 18.2. The van der Waals surface area contributed by atoms with E-state index in [9.17, 15) is 9.18 Å². The summed E-state index contributed by atoms with van der Waals surface area (Å²) < 4.78 is 31.7. The number of nitrogens with zero attached hydrogens (tertiary/aromatic N) is 6. The lowest BCUT2D eigenvalue weighted by atomic mass is 10.0. The van der Waals surface area contributed by atoms with Crippen LogP contribution in [-0.4, -0.2) is 57.6 Å². The molecule has 0 bridgehead atoms. The van der Waals surface area contributed by atoms with Crippen LogP contribution in [-0.2, 0) is 0 Å². The van der Waals surface area contributed by atoms with Gasteiger partial charge in [-0.1, -0.05) is 0 Å². The van der Waals surface area contributed by atoms with E-state index in [1.165, 1.54) is 6.07 Å². The van der Waals surface area contributed by atoms with E-state index in [2.05, 4.69) is 44.2 Å². The fourth-order valence-electron chi connectivity index (χ4n) is 4.97. The Morgan fingerprint density at radius 2 is 1.79 bits per heavy atom. The summed E-state index contributed by atoms with van der Waals surface area (Å²) in [5.74, 6) is -0.791. The Labute approximate surface area is 220 Å². The molecule has 8 nitrogen and oxygen atoms in total. The van der Waals surface area contributed by atoms with Gasteiger partial charge in [-0.15, -0.1) is 0 Å². The first kappa shape index (κ1) is 25.7. The van der Waals surface area contributed by atoms with Crippen molar-refractivity contribution < 1.29 is 8.78 Å². The van der Waals surface area contributed by atoms with Crippen molar-refractivity contribution in [3.63, 3.8) is 0 Å². The fraction of sp³-hybridized carbons (Fsp3) is 0.357. The number of halogens is 2. The van der Waals surface area contributed by atoms with Crippen molar-refractivity contribution in [3.05, 3.63) is 70.8 Å². The lowest BCUT2D eigenvalue weighted by molar-refractivity contribution is 0.249. The molecular formula is C28H31F2N7O. The van der Waals surface area contributed by atoms with E-state index < -0.39 is 17.1 Å². The number of hydrogen-bond donors (Lipinski definition) is 1. The number of hydrogen-bond acceptors (Lipinski definition) is 7. The Kier molecular flexibility index (Phi) is 7.07. The van der Waals surface area contributed by atoms with Crippen molar-refractivity contribution in [1.82, 2.24) is 24.4 Å². The van der Waals surface area contributed by atoms with Gasteiger partial charge in [0.1, 0.15) is 17.3 Å². The monoisotopic (exact) mass is 519 g/mol. The molecule has 10 heteroatoms. The summed E-state index contributed by atoms with van der Waals surface area (Å²) in [7, 11) is 4.23. The largest absolute Gasteiger partial charge is 0.370 e. The molecule has 4 aromatic rings. The molecule has 0 atom stereocenters. The second-order valence-corrected chi connectivity index (χ2v) is 10.1. The van der Waals surface area contributed by atoms with Gasteiger partial charge in [-0.05, 0) is 65.0 Å². The van der Waals surface area contributed by atoms with Gasteiger partial charge in [0.05, 0.1) is 29.0 Å². The second-order valence-electron chi connectivity index (χ2n) is 10.1. The van der Waals surface area contributed by atoms with E-state index in [-0.39, 0.29) is 28.6 Å². The molecule has 1 N–H and O–H groups in total. The van der Waals surface area contributed by atoms with Crippen molar-refractivity contribution in [2.75, 3.05) is 37.4 Å². The third-order valence-corrected chi connectivity index (χ3v) is 7.10. The van der Waals surface area contributed by atoms with Crippen molar-refractivity contribution in [2.24, 2.45) is 0 Å². The lowest BCUT2D eigenvalue weighted by Gasteiger charge is -2.36. The number of piperidine rings is 1. The molecule has 0 spiro atoms. The zero-order chi connectivity index (χ0) is 27.0. The summed E-state index contributed by atoms with van der Waals surface area (Å²) in [4.78, 5) is 29.8. The smallest absolute Gasteiger partial charge is 0.229 e. The van der Waals surface area contributed by atoms with E-state index in [0.717, 1.165) is 43.9 Å². The highest BCUT2D eigenvalue weighted by Gasteiger charge is 2.21. The SMILES string of the molecule is CC(C)n1ccc(=O)c2c(F)cc(-c3nc(Nc4ccc(N5CCC(N(C)C)CC5)cn4)ncc3F)cc21. The molecule has 1 aromatic carbocycles. The Hall–Kier alpha value is -3.92. The van der Waals surface area contributed by atoms with Gasteiger partial charge in [0.2, 0.25) is 5.95 Å². The Morgan fingerprint density at radius 3 is 2.45 bits per heavy atom. The summed E-state index contributed by atoms with van der Waals surface area (Å²) in [6, 6.07) is 8.43. The van der Waals surface area contributed by atoms with E-state index in [1.807, 2.05) is 26.0 Å². The third-order valence-electron chi connectivity index (χ3n) is 7.10. The van der Waals surface area contributed by atoms with Gasteiger partial charge >= 0.3 is 0 Å². The van der Waals surface area contributed by atoms with E-state index >= 15 is 4.39 Å². The Balaban J connectivity index is 1.40. The molecule has 38 heavy (non-hydrogen) atoms. The van der Waals surface area contributed by atoms with Crippen LogP contribution in [0, 0.1) is 11.6 Å². The van der Waals surface area contributed by atoms with Gasteiger partial charge in [-0.2, -0.15) is 0 Å². The third kappa shape index (κ3) is 5.08. The molecule has 5 rings (SSSR count). The van der Waals surface area contributed by atoms with Gasteiger partial charge in [-0.3, -0.25) is 4.79 Å². The molecule has 0 amide bonds. The number of anilines is 3. The maximum absolute atomic E-state index is 15.1. The van der Waals surface area contributed by atoms with Gasteiger partial charge in [0.15, 0.2) is 11.2 Å². The van der Waals surface area contributed by atoms with Crippen molar-refractivity contribution >= 4 is 28.4 Å². The van der Waals surface area contributed by atoms with Crippen LogP contribution in [0.1, 0.15) is 32.7 Å². The zero-order valence-electron chi connectivity index (χ0n) is 21.9. The highest BCUT2D eigenvalue weighted by molar-refractivity contribution is 5.85. The Bertz CT molecular complexity index is 1510.